The minimum absolute atomic E-state index is 0.0366. The van der Waals surface area contributed by atoms with Gasteiger partial charge in [0.2, 0.25) is 0 Å². The Kier molecular flexibility index (Phi) is 4.66. The number of likely N-dealkylation sites (tertiary alicyclic amines) is 1. The van der Waals surface area contributed by atoms with Crippen LogP contribution < -0.4 is 10.1 Å². The summed E-state index contributed by atoms with van der Waals surface area (Å²) in [7, 11) is 0. The van der Waals surface area contributed by atoms with Gasteiger partial charge in [0.1, 0.15) is 11.6 Å². The molecule has 0 aliphatic carbocycles. The second kappa shape index (κ2) is 7.26. The molecular formula is C20H23N5O2. The Morgan fingerprint density at radius 3 is 3.07 bits per heavy atom. The third-order valence-electron chi connectivity index (χ3n) is 4.66. The fourth-order valence-corrected chi connectivity index (χ4v) is 3.42. The van der Waals surface area contributed by atoms with Gasteiger partial charge in [-0.1, -0.05) is 6.07 Å². The van der Waals surface area contributed by atoms with Crippen LogP contribution in [-0.4, -0.2) is 51.1 Å². The molecule has 0 radical (unpaired) electrons. The van der Waals surface area contributed by atoms with E-state index in [1.165, 1.54) is 0 Å². The van der Waals surface area contributed by atoms with Crippen LogP contribution in [0.25, 0.3) is 5.65 Å². The first kappa shape index (κ1) is 17.3. The van der Waals surface area contributed by atoms with Crippen molar-refractivity contribution in [1.82, 2.24) is 19.5 Å². The van der Waals surface area contributed by atoms with Crippen molar-refractivity contribution in [1.29, 1.82) is 0 Å². The maximum Gasteiger partial charge on any atom is 0.254 e. The van der Waals surface area contributed by atoms with Crippen molar-refractivity contribution in [3.63, 3.8) is 0 Å². The summed E-state index contributed by atoms with van der Waals surface area (Å²) in [6.45, 7) is 5.84. The van der Waals surface area contributed by atoms with Gasteiger partial charge in [-0.3, -0.25) is 4.79 Å². The van der Waals surface area contributed by atoms with Gasteiger partial charge < -0.3 is 15.0 Å². The van der Waals surface area contributed by atoms with Crippen molar-refractivity contribution in [2.45, 2.75) is 26.3 Å². The molecule has 3 aromatic rings. The van der Waals surface area contributed by atoms with Crippen molar-refractivity contribution in [3.8, 4) is 5.75 Å². The lowest BCUT2D eigenvalue weighted by atomic mass is 10.2. The van der Waals surface area contributed by atoms with Crippen LogP contribution >= 0.6 is 0 Å². The predicted molar refractivity (Wildman–Crippen MR) is 103 cm³/mol. The smallest absolute Gasteiger partial charge is 0.254 e. The average molecular weight is 365 g/mol. The van der Waals surface area contributed by atoms with Crippen LogP contribution in [0.1, 0.15) is 29.4 Å². The molecule has 140 valence electrons. The van der Waals surface area contributed by atoms with Gasteiger partial charge >= 0.3 is 0 Å². The summed E-state index contributed by atoms with van der Waals surface area (Å²) in [5.74, 6) is 1.55. The molecule has 0 bridgehead atoms. The number of carbonyl (C=O) groups excluding carboxylic acids is 1. The van der Waals surface area contributed by atoms with Gasteiger partial charge in [-0.05, 0) is 50.6 Å². The van der Waals surface area contributed by atoms with Gasteiger partial charge in [0.25, 0.3) is 5.91 Å². The van der Waals surface area contributed by atoms with Gasteiger partial charge in [0, 0.05) is 24.7 Å². The fourth-order valence-electron chi connectivity index (χ4n) is 3.42. The lowest BCUT2D eigenvalue weighted by Crippen LogP contribution is -2.31. The third kappa shape index (κ3) is 3.72. The highest BCUT2D eigenvalue weighted by atomic mass is 16.5. The second-order valence-electron chi connectivity index (χ2n) is 6.75. The lowest BCUT2D eigenvalue weighted by molar-refractivity contribution is 0.0791. The van der Waals surface area contributed by atoms with E-state index in [1.807, 2.05) is 61.3 Å². The Hall–Kier alpha value is -3.09. The Morgan fingerprint density at radius 1 is 1.33 bits per heavy atom. The van der Waals surface area contributed by atoms with Crippen LogP contribution in [0.2, 0.25) is 0 Å². The maximum absolute atomic E-state index is 12.8. The Morgan fingerprint density at radius 2 is 2.22 bits per heavy atom. The molecule has 2 aromatic heterocycles. The Balaban J connectivity index is 1.41. The molecule has 7 heteroatoms. The molecule has 7 nitrogen and oxygen atoms in total. The zero-order valence-electron chi connectivity index (χ0n) is 15.6. The molecule has 27 heavy (non-hydrogen) atoms. The molecule has 1 aliphatic rings. The molecule has 1 aliphatic heterocycles. The van der Waals surface area contributed by atoms with Crippen molar-refractivity contribution in [2.75, 3.05) is 25.0 Å². The summed E-state index contributed by atoms with van der Waals surface area (Å²) in [6, 6.07) is 11.4. The number of fused-ring (bicyclic) bond motifs is 1. The van der Waals surface area contributed by atoms with E-state index in [0.29, 0.717) is 18.7 Å². The number of anilines is 1. The molecular weight excluding hydrogens is 342 g/mol. The van der Waals surface area contributed by atoms with Crippen LogP contribution in [0.5, 0.6) is 5.75 Å². The van der Waals surface area contributed by atoms with E-state index in [9.17, 15) is 4.79 Å². The molecule has 0 saturated carbocycles. The molecule has 0 spiro atoms. The molecule has 3 heterocycles. The fraction of sp³-hybridized carbons (Fsp3) is 0.350. The Bertz CT molecular complexity index is 968. The number of aryl methyl sites for hydroxylation is 1. The number of hydrogen-bond donors (Lipinski definition) is 1. The number of benzene rings is 1. The van der Waals surface area contributed by atoms with E-state index >= 15 is 0 Å². The summed E-state index contributed by atoms with van der Waals surface area (Å²) >= 11 is 0. The quantitative estimate of drug-likeness (QED) is 0.753. The molecule has 1 aromatic carbocycles. The van der Waals surface area contributed by atoms with Gasteiger partial charge in [-0.25, -0.2) is 9.50 Å². The van der Waals surface area contributed by atoms with E-state index in [-0.39, 0.29) is 11.9 Å². The van der Waals surface area contributed by atoms with Crippen LogP contribution in [0.4, 0.5) is 5.82 Å². The van der Waals surface area contributed by atoms with Crippen LogP contribution in [-0.2, 0) is 0 Å². The SMILES string of the molecule is CCOc1cccc(C(=O)N2CCC(Nc3ccc4nc(C)cn4n3)C2)c1. The van der Waals surface area contributed by atoms with Gasteiger partial charge in [0.15, 0.2) is 5.65 Å². The molecule has 1 saturated heterocycles. The van der Waals surface area contributed by atoms with Crippen LogP contribution in [0, 0.1) is 6.92 Å². The van der Waals surface area contributed by atoms with E-state index in [0.717, 1.165) is 35.9 Å². The zero-order valence-corrected chi connectivity index (χ0v) is 15.6. The maximum atomic E-state index is 12.8. The van der Waals surface area contributed by atoms with Gasteiger partial charge in [0.05, 0.1) is 18.5 Å². The van der Waals surface area contributed by atoms with Crippen molar-refractivity contribution in [2.24, 2.45) is 0 Å². The molecule has 1 N–H and O–H groups in total. The molecule has 4 rings (SSSR count). The highest BCUT2D eigenvalue weighted by Gasteiger charge is 2.27. The highest BCUT2D eigenvalue weighted by Crippen LogP contribution is 2.20. The molecule has 1 atom stereocenters. The summed E-state index contributed by atoms with van der Waals surface area (Å²) in [4.78, 5) is 19.1. The molecule has 1 amide bonds. The first-order valence-electron chi connectivity index (χ1n) is 9.24. The summed E-state index contributed by atoms with van der Waals surface area (Å²) in [5.41, 5.74) is 2.43. The Labute approximate surface area is 158 Å². The summed E-state index contributed by atoms with van der Waals surface area (Å²) in [6.07, 6.45) is 2.79. The van der Waals surface area contributed by atoms with E-state index in [2.05, 4.69) is 15.4 Å². The number of amides is 1. The molecule has 1 fully saturated rings. The van der Waals surface area contributed by atoms with Gasteiger partial charge in [-0.15, -0.1) is 5.10 Å². The number of ether oxygens (including phenoxy) is 1. The van der Waals surface area contributed by atoms with Crippen molar-refractivity contribution in [3.05, 3.63) is 53.9 Å². The number of carbonyl (C=O) groups is 1. The molecule has 1 unspecified atom stereocenters. The average Bonchev–Trinajstić information content (AvgIpc) is 3.27. The highest BCUT2D eigenvalue weighted by molar-refractivity contribution is 5.94. The predicted octanol–water partition coefficient (Wildman–Crippen LogP) is 2.76. The first-order valence-corrected chi connectivity index (χ1v) is 9.24. The largest absolute Gasteiger partial charge is 0.494 e. The number of nitrogens with zero attached hydrogens (tertiary/aromatic N) is 4. The van der Waals surface area contributed by atoms with E-state index in [1.54, 1.807) is 4.52 Å². The van der Waals surface area contributed by atoms with Crippen molar-refractivity contribution < 1.29 is 9.53 Å². The summed E-state index contributed by atoms with van der Waals surface area (Å²) in [5, 5.41) is 7.97. The number of hydrogen-bond acceptors (Lipinski definition) is 5. The van der Waals surface area contributed by atoms with Crippen LogP contribution in [0.15, 0.2) is 42.6 Å². The van der Waals surface area contributed by atoms with Crippen molar-refractivity contribution >= 4 is 17.4 Å². The number of imidazole rings is 1. The monoisotopic (exact) mass is 365 g/mol. The zero-order chi connectivity index (χ0) is 18.8. The lowest BCUT2D eigenvalue weighted by Gasteiger charge is -2.18. The minimum atomic E-state index is 0.0366. The first-order chi connectivity index (χ1) is 13.1. The van der Waals surface area contributed by atoms with E-state index in [4.69, 9.17) is 4.74 Å². The van der Waals surface area contributed by atoms with E-state index < -0.39 is 0 Å². The second-order valence-corrected chi connectivity index (χ2v) is 6.75. The topological polar surface area (TPSA) is 71.8 Å². The normalized spacial score (nSPS) is 16.7. The number of aromatic nitrogens is 3. The van der Waals surface area contributed by atoms with Gasteiger partial charge in [-0.2, -0.15) is 0 Å². The number of rotatable bonds is 5. The standard InChI is InChI=1S/C20H23N5O2/c1-3-27-17-6-4-5-15(11-17)20(26)24-10-9-16(13-24)22-18-7-8-19-21-14(2)12-25(19)23-18/h4-8,11-12,16H,3,9-10,13H2,1-2H3,(H,22,23). The minimum Gasteiger partial charge on any atom is -0.494 e. The van der Waals surface area contributed by atoms with Crippen LogP contribution in [0.3, 0.4) is 0 Å². The third-order valence-corrected chi connectivity index (χ3v) is 4.66. The summed E-state index contributed by atoms with van der Waals surface area (Å²) < 4.78 is 7.27. The number of nitrogens with one attached hydrogen (secondary N) is 1.